The number of nitrogens with one attached hydrogen (secondary N) is 1. The molecule has 0 saturated carbocycles. The maximum Gasteiger partial charge on any atom is 0.243 e. The summed E-state index contributed by atoms with van der Waals surface area (Å²) in [5.74, 6) is -1.62. The Labute approximate surface area is 206 Å². The van der Waals surface area contributed by atoms with Crippen molar-refractivity contribution >= 4 is 35.2 Å². The predicted molar refractivity (Wildman–Crippen MR) is 131 cm³/mol. The summed E-state index contributed by atoms with van der Waals surface area (Å²) in [7, 11) is 0. The lowest BCUT2D eigenvalue weighted by Gasteiger charge is -2.33. The SMILES string of the molecule is CC[C@H](C(=O)NC(C)(C)C)N(Cc1ccccc1Cl)C(=O)CCN1C(=O)[C@H]2CC=CC[C@H]2C1=O. The number of hydrogen-bond acceptors (Lipinski definition) is 4. The van der Waals surface area contributed by atoms with Crippen LogP contribution in [-0.2, 0) is 25.7 Å². The summed E-state index contributed by atoms with van der Waals surface area (Å²) in [6.45, 7) is 7.68. The molecule has 2 aliphatic rings. The monoisotopic (exact) mass is 487 g/mol. The highest BCUT2D eigenvalue weighted by Gasteiger charge is 2.47. The van der Waals surface area contributed by atoms with Gasteiger partial charge in [0.15, 0.2) is 0 Å². The number of rotatable bonds is 8. The summed E-state index contributed by atoms with van der Waals surface area (Å²) < 4.78 is 0. The van der Waals surface area contributed by atoms with Crippen LogP contribution in [0.5, 0.6) is 0 Å². The summed E-state index contributed by atoms with van der Waals surface area (Å²) >= 11 is 6.35. The van der Waals surface area contributed by atoms with Crippen LogP contribution in [0.15, 0.2) is 36.4 Å². The van der Waals surface area contributed by atoms with Crippen molar-refractivity contribution < 1.29 is 19.2 Å². The molecule has 4 amide bonds. The van der Waals surface area contributed by atoms with Crippen LogP contribution in [0.25, 0.3) is 0 Å². The van der Waals surface area contributed by atoms with Crippen LogP contribution < -0.4 is 5.32 Å². The van der Waals surface area contributed by atoms with Crippen molar-refractivity contribution in [2.24, 2.45) is 11.8 Å². The average molecular weight is 488 g/mol. The first-order valence-electron chi connectivity index (χ1n) is 11.9. The van der Waals surface area contributed by atoms with Crippen LogP contribution in [-0.4, -0.2) is 51.6 Å². The minimum atomic E-state index is -0.709. The number of hydrogen-bond donors (Lipinski definition) is 1. The summed E-state index contributed by atoms with van der Waals surface area (Å²) in [4.78, 5) is 54.9. The van der Waals surface area contributed by atoms with Crippen LogP contribution in [0, 0.1) is 11.8 Å². The number of imide groups is 1. The van der Waals surface area contributed by atoms with E-state index in [0.29, 0.717) is 24.3 Å². The van der Waals surface area contributed by atoms with Crippen LogP contribution in [0.3, 0.4) is 0 Å². The van der Waals surface area contributed by atoms with Gasteiger partial charge in [0, 0.05) is 30.1 Å². The van der Waals surface area contributed by atoms with E-state index >= 15 is 0 Å². The van der Waals surface area contributed by atoms with Crippen molar-refractivity contribution in [1.29, 1.82) is 0 Å². The number of benzene rings is 1. The molecule has 7 nitrogen and oxygen atoms in total. The number of carbonyl (C=O) groups is 4. The van der Waals surface area contributed by atoms with Gasteiger partial charge in [-0.25, -0.2) is 0 Å². The van der Waals surface area contributed by atoms with E-state index in [9.17, 15) is 19.2 Å². The first-order chi connectivity index (χ1) is 16.0. The molecule has 184 valence electrons. The lowest BCUT2D eigenvalue weighted by atomic mass is 9.85. The third-order valence-electron chi connectivity index (χ3n) is 6.33. The molecule has 0 spiro atoms. The topological polar surface area (TPSA) is 86.8 Å². The van der Waals surface area contributed by atoms with E-state index in [2.05, 4.69) is 5.32 Å². The van der Waals surface area contributed by atoms with Gasteiger partial charge in [-0.15, -0.1) is 0 Å². The number of amides is 4. The third kappa shape index (κ3) is 5.87. The van der Waals surface area contributed by atoms with Crippen molar-refractivity contribution in [3.63, 3.8) is 0 Å². The third-order valence-corrected chi connectivity index (χ3v) is 6.70. The second-order valence-corrected chi connectivity index (χ2v) is 10.4. The van der Waals surface area contributed by atoms with Gasteiger partial charge in [0.2, 0.25) is 23.6 Å². The molecule has 8 heteroatoms. The summed E-state index contributed by atoms with van der Waals surface area (Å²) in [6.07, 6.45) is 5.36. The zero-order valence-corrected chi connectivity index (χ0v) is 21.1. The molecule has 1 aromatic carbocycles. The van der Waals surface area contributed by atoms with Gasteiger partial charge < -0.3 is 10.2 Å². The molecule has 1 saturated heterocycles. The molecule has 34 heavy (non-hydrogen) atoms. The standard InChI is InChI=1S/C26H34ClN3O4/c1-5-21(23(32)28-26(2,3)4)30(16-17-10-6-9-13-20(17)27)22(31)14-15-29-24(33)18-11-7-8-12-19(18)25(29)34/h6-10,13,18-19,21H,5,11-12,14-16H2,1-4H3,(H,28,32)/t18-,19+,21-/m1/s1. The summed E-state index contributed by atoms with van der Waals surface area (Å²) in [5.41, 5.74) is 0.271. The molecule has 0 aromatic heterocycles. The Bertz CT molecular complexity index is 959. The minimum absolute atomic E-state index is 0.0137. The van der Waals surface area contributed by atoms with Gasteiger partial charge in [-0.1, -0.05) is 48.9 Å². The molecule has 1 aliphatic carbocycles. The van der Waals surface area contributed by atoms with Crippen LogP contribution in [0.2, 0.25) is 5.02 Å². The Kier molecular flexibility index (Phi) is 8.18. The molecular formula is C26H34ClN3O4. The first kappa shape index (κ1) is 25.9. The molecule has 3 rings (SSSR count). The van der Waals surface area contributed by atoms with E-state index in [4.69, 9.17) is 11.6 Å². The van der Waals surface area contributed by atoms with Gasteiger partial charge >= 0.3 is 0 Å². The Morgan fingerprint density at radius 1 is 1.12 bits per heavy atom. The number of likely N-dealkylation sites (tertiary alicyclic amines) is 1. The fourth-order valence-electron chi connectivity index (χ4n) is 4.62. The second-order valence-electron chi connectivity index (χ2n) is 10.0. The molecular weight excluding hydrogens is 454 g/mol. The Morgan fingerprint density at radius 2 is 1.71 bits per heavy atom. The lowest BCUT2D eigenvalue weighted by molar-refractivity contribution is -0.144. The molecule has 3 atom stereocenters. The molecule has 0 radical (unpaired) electrons. The molecule has 1 fully saturated rings. The second kappa shape index (κ2) is 10.7. The highest BCUT2D eigenvalue weighted by atomic mass is 35.5. The molecule has 0 unspecified atom stereocenters. The summed E-state index contributed by atoms with van der Waals surface area (Å²) in [5, 5.41) is 3.47. The average Bonchev–Trinajstić information content (AvgIpc) is 3.02. The fourth-order valence-corrected chi connectivity index (χ4v) is 4.82. The zero-order valence-electron chi connectivity index (χ0n) is 20.3. The van der Waals surface area contributed by atoms with Crippen LogP contribution in [0.1, 0.15) is 58.9 Å². The highest BCUT2D eigenvalue weighted by molar-refractivity contribution is 6.31. The number of allylic oxidation sites excluding steroid dienone is 2. The van der Waals surface area contributed by atoms with Gasteiger partial charge in [0.25, 0.3) is 0 Å². The lowest BCUT2D eigenvalue weighted by Crippen LogP contribution is -2.53. The predicted octanol–water partition coefficient (Wildman–Crippen LogP) is 3.70. The fraction of sp³-hybridized carbons (Fsp3) is 0.538. The van der Waals surface area contributed by atoms with Gasteiger partial charge in [-0.3, -0.25) is 24.1 Å². The maximum atomic E-state index is 13.5. The molecule has 1 aromatic rings. The minimum Gasteiger partial charge on any atom is -0.350 e. The van der Waals surface area contributed by atoms with E-state index < -0.39 is 11.6 Å². The Balaban J connectivity index is 1.78. The Hall–Kier alpha value is -2.67. The van der Waals surface area contributed by atoms with Crippen molar-refractivity contribution in [1.82, 2.24) is 15.1 Å². The van der Waals surface area contributed by atoms with Gasteiger partial charge in [0.05, 0.1) is 11.8 Å². The van der Waals surface area contributed by atoms with Crippen molar-refractivity contribution in [2.45, 2.75) is 71.5 Å². The van der Waals surface area contributed by atoms with E-state index in [-0.39, 0.29) is 55.0 Å². The summed E-state index contributed by atoms with van der Waals surface area (Å²) in [6, 6.07) is 6.49. The van der Waals surface area contributed by atoms with Crippen molar-refractivity contribution in [2.75, 3.05) is 6.54 Å². The highest BCUT2D eigenvalue weighted by Crippen LogP contribution is 2.35. The van der Waals surface area contributed by atoms with E-state index in [0.717, 1.165) is 5.56 Å². The van der Waals surface area contributed by atoms with E-state index in [1.54, 1.807) is 12.1 Å². The smallest absolute Gasteiger partial charge is 0.243 e. The molecule has 1 N–H and O–H groups in total. The van der Waals surface area contributed by atoms with Crippen LogP contribution in [0.4, 0.5) is 0 Å². The van der Waals surface area contributed by atoms with Crippen molar-refractivity contribution in [3.8, 4) is 0 Å². The normalized spacial score (nSPS) is 20.8. The molecule has 0 bridgehead atoms. The number of halogens is 1. The maximum absolute atomic E-state index is 13.5. The quantitative estimate of drug-likeness (QED) is 0.447. The van der Waals surface area contributed by atoms with E-state index in [1.807, 2.05) is 52.0 Å². The van der Waals surface area contributed by atoms with E-state index in [1.165, 1.54) is 9.80 Å². The van der Waals surface area contributed by atoms with Gasteiger partial charge in [-0.2, -0.15) is 0 Å². The van der Waals surface area contributed by atoms with Crippen LogP contribution >= 0.6 is 11.6 Å². The molecule has 1 heterocycles. The molecule has 1 aliphatic heterocycles. The Morgan fingerprint density at radius 3 is 2.24 bits per heavy atom. The van der Waals surface area contributed by atoms with Gasteiger partial charge in [0.1, 0.15) is 6.04 Å². The van der Waals surface area contributed by atoms with Gasteiger partial charge in [-0.05, 0) is 51.7 Å². The zero-order chi connectivity index (χ0) is 25.0. The number of nitrogens with zero attached hydrogens (tertiary/aromatic N) is 2. The number of fused-ring (bicyclic) bond motifs is 1. The first-order valence-corrected chi connectivity index (χ1v) is 12.3. The number of carbonyl (C=O) groups excluding carboxylic acids is 4. The van der Waals surface area contributed by atoms with Crippen molar-refractivity contribution in [3.05, 3.63) is 47.0 Å². The largest absolute Gasteiger partial charge is 0.350 e.